The summed E-state index contributed by atoms with van der Waals surface area (Å²) in [5, 5.41) is 0. The van der Waals surface area contributed by atoms with Crippen LogP contribution in [-0.4, -0.2) is 18.7 Å². The Hall–Kier alpha value is -2.25. The zero-order valence-corrected chi connectivity index (χ0v) is 14.6. The Morgan fingerprint density at radius 3 is 1.89 bits per heavy atom. The van der Waals surface area contributed by atoms with Gasteiger partial charge in [0.2, 0.25) is 0 Å². The third kappa shape index (κ3) is 4.42. The molecule has 1 fully saturated rings. The van der Waals surface area contributed by atoms with Crippen LogP contribution in [0.2, 0.25) is 0 Å². The molecule has 0 atom stereocenters. The minimum absolute atomic E-state index is 0.0433. The molecule has 1 aliphatic rings. The van der Waals surface area contributed by atoms with Crippen molar-refractivity contribution in [3.05, 3.63) is 53.6 Å². The largest absolute Gasteiger partial charge is 0.461 e. The number of rotatable bonds is 5. The maximum Gasteiger partial charge on any atom is 0.461 e. The van der Waals surface area contributed by atoms with Crippen molar-refractivity contribution in [1.82, 2.24) is 0 Å². The van der Waals surface area contributed by atoms with E-state index in [2.05, 4.69) is 4.74 Å². The van der Waals surface area contributed by atoms with Crippen LogP contribution in [0, 0.1) is 11.6 Å². The molecule has 0 aromatic heterocycles. The van der Waals surface area contributed by atoms with E-state index in [4.69, 9.17) is 0 Å². The molecule has 152 valence electrons. The van der Waals surface area contributed by atoms with Gasteiger partial charge in [-0.3, -0.25) is 0 Å². The molecular formula is C20H17F7O. The molecule has 0 unspecified atom stereocenters. The molecule has 0 bridgehead atoms. The van der Waals surface area contributed by atoms with Crippen LogP contribution in [0.25, 0.3) is 11.1 Å². The quantitative estimate of drug-likeness (QED) is 0.493. The van der Waals surface area contributed by atoms with Crippen LogP contribution in [0.3, 0.4) is 0 Å². The van der Waals surface area contributed by atoms with Gasteiger partial charge in [-0.15, -0.1) is 0 Å². The maximum atomic E-state index is 14.0. The van der Waals surface area contributed by atoms with Crippen LogP contribution in [-0.2, 0) is 0 Å². The van der Waals surface area contributed by atoms with E-state index in [1.165, 1.54) is 0 Å². The first-order chi connectivity index (χ1) is 13.2. The van der Waals surface area contributed by atoms with Crippen molar-refractivity contribution < 1.29 is 35.5 Å². The van der Waals surface area contributed by atoms with Crippen molar-refractivity contribution in [2.75, 3.05) is 0 Å². The number of benzene rings is 2. The zero-order chi connectivity index (χ0) is 20.5. The van der Waals surface area contributed by atoms with Gasteiger partial charge in [0.25, 0.3) is 0 Å². The molecule has 3 rings (SSSR count). The van der Waals surface area contributed by atoms with E-state index in [9.17, 15) is 30.7 Å². The summed E-state index contributed by atoms with van der Waals surface area (Å²) in [5.41, 5.74) is 1.43. The lowest BCUT2D eigenvalue weighted by Gasteiger charge is -2.24. The molecule has 1 saturated carbocycles. The fraction of sp³-hybridized carbons (Fsp3) is 0.400. The molecule has 28 heavy (non-hydrogen) atoms. The minimum Gasteiger partial charge on any atom is -0.422 e. The Morgan fingerprint density at radius 1 is 0.857 bits per heavy atom. The number of alkyl halides is 5. The Bertz CT molecular complexity index is 789. The maximum absolute atomic E-state index is 14.0. The number of hydrogen-bond donors (Lipinski definition) is 0. The summed E-state index contributed by atoms with van der Waals surface area (Å²) in [6.07, 6.45) is -7.60. The van der Waals surface area contributed by atoms with E-state index < -0.39 is 36.1 Å². The second kappa shape index (κ2) is 8.01. The third-order valence-electron chi connectivity index (χ3n) is 4.86. The summed E-state index contributed by atoms with van der Waals surface area (Å²) in [5.74, 6) is -4.38. The van der Waals surface area contributed by atoms with Crippen molar-refractivity contribution in [2.45, 2.75) is 50.3 Å². The van der Waals surface area contributed by atoms with E-state index in [-0.39, 0.29) is 11.5 Å². The first kappa shape index (κ1) is 20.5. The van der Waals surface area contributed by atoms with E-state index in [1.54, 1.807) is 24.3 Å². The lowest BCUT2D eigenvalue weighted by atomic mass is 9.83. The molecule has 8 heteroatoms. The van der Waals surface area contributed by atoms with E-state index in [0.29, 0.717) is 31.2 Å². The molecule has 0 radical (unpaired) electrons. The number of ether oxygens (including phenoxy) is 1. The van der Waals surface area contributed by atoms with Crippen LogP contribution in [0.5, 0.6) is 5.75 Å². The van der Waals surface area contributed by atoms with Crippen molar-refractivity contribution in [2.24, 2.45) is 0 Å². The highest BCUT2D eigenvalue weighted by atomic mass is 19.3. The highest BCUT2D eigenvalue weighted by Crippen LogP contribution is 2.37. The van der Waals surface area contributed by atoms with Gasteiger partial charge in [0, 0.05) is 0 Å². The highest BCUT2D eigenvalue weighted by molar-refractivity contribution is 5.65. The van der Waals surface area contributed by atoms with Gasteiger partial charge < -0.3 is 4.74 Å². The fourth-order valence-corrected chi connectivity index (χ4v) is 3.34. The molecule has 0 spiro atoms. The van der Waals surface area contributed by atoms with Gasteiger partial charge in [-0.25, -0.2) is 13.2 Å². The minimum atomic E-state index is -5.01. The Balaban J connectivity index is 1.80. The molecule has 0 saturated heterocycles. The average molecular weight is 406 g/mol. The summed E-state index contributed by atoms with van der Waals surface area (Å²) in [6.45, 7) is 0. The summed E-state index contributed by atoms with van der Waals surface area (Å²) in [6, 6.07) is 8.23. The third-order valence-corrected chi connectivity index (χ3v) is 4.86. The lowest BCUT2D eigenvalue weighted by molar-refractivity contribution is -0.255. The highest BCUT2D eigenvalue weighted by Gasteiger charge is 2.45. The second-order valence-electron chi connectivity index (χ2n) is 6.80. The predicted octanol–water partition coefficient (Wildman–Crippen LogP) is 6.86. The number of halogens is 7. The van der Waals surface area contributed by atoms with Gasteiger partial charge in [-0.1, -0.05) is 24.3 Å². The Kier molecular flexibility index (Phi) is 5.86. The smallest absolute Gasteiger partial charge is 0.422 e. The van der Waals surface area contributed by atoms with Crippen molar-refractivity contribution >= 4 is 0 Å². The summed E-state index contributed by atoms with van der Waals surface area (Å²) < 4.78 is 95.1. The van der Waals surface area contributed by atoms with E-state index in [0.717, 1.165) is 17.7 Å². The second-order valence-corrected chi connectivity index (χ2v) is 6.80. The molecule has 2 aromatic rings. The van der Waals surface area contributed by atoms with E-state index in [1.807, 2.05) is 0 Å². The fourth-order valence-electron chi connectivity index (χ4n) is 3.34. The van der Waals surface area contributed by atoms with Gasteiger partial charge in [-0.2, -0.15) is 17.6 Å². The average Bonchev–Trinajstić information content (AvgIpc) is 2.65. The standard InChI is InChI=1S/C20H17F7O/c21-15-7-5-12(6-8-15)11-1-3-13(4-2-11)14-9-16(22)18(17(23)10-14)28-20(26,27)19(24)25/h1-4,9-10,12,15,19H,5-8H2. The summed E-state index contributed by atoms with van der Waals surface area (Å²) >= 11 is 0. The van der Waals surface area contributed by atoms with Crippen molar-refractivity contribution in [3.8, 4) is 16.9 Å². The Morgan fingerprint density at radius 2 is 1.39 bits per heavy atom. The number of hydrogen-bond acceptors (Lipinski definition) is 1. The van der Waals surface area contributed by atoms with Gasteiger partial charge in [0.05, 0.1) is 0 Å². The van der Waals surface area contributed by atoms with Crippen LogP contribution >= 0.6 is 0 Å². The van der Waals surface area contributed by atoms with Crippen molar-refractivity contribution in [3.63, 3.8) is 0 Å². The van der Waals surface area contributed by atoms with Gasteiger partial charge in [0.1, 0.15) is 6.17 Å². The molecule has 1 aliphatic carbocycles. The van der Waals surface area contributed by atoms with Crippen LogP contribution < -0.4 is 4.74 Å². The van der Waals surface area contributed by atoms with Crippen LogP contribution in [0.15, 0.2) is 36.4 Å². The monoisotopic (exact) mass is 406 g/mol. The lowest BCUT2D eigenvalue weighted by Crippen LogP contribution is -2.34. The van der Waals surface area contributed by atoms with Crippen LogP contribution in [0.1, 0.15) is 37.2 Å². The van der Waals surface area contributed by atoms with Crippen LogP contribution in [0.4, 0.5) is 30.7 Å². The van der Waals surface area contributed by atoms with Gasteiger partial charge in [0.15, 0.2) is 17.4 Å². The summed E-state index contributed by atoms with van der Waals surface area (Å²) in [4.78, 5) is 0. The van der Waals surface area contributed by atoms with Crippen molar-refractivity contribution in [1.29, 1.82) is 0 Å². The Labute approximate surface area is 157 Å². The first-order valence-electron chi connectivity index (χ1n) is 8.76. The molecule has 1 nitrogen and oxygen atoms in total. The molecule has 2 aromatic carbocycles. The molecule has 0 N–H and O–H groups in total. The molecule has 0 heterocycles. The molecule has 0 amide bonds. The molecule has 0 aliphatic heterocycles. The zero-order valence-electron chi connectivity index (χ0n) is 14.6. The van der Waals surface area contributed by atoms with E-state index >= 15 is 0 Å². The van der Waals surface area contributed by atoms with Gasteiger partial charge >= 0.3 is 12.5 Å². The topological polar surface area (TPSA) is 9.23 Å². The predicted molar refractivity (Wildman–Crippen MR) is 89.5 cm³/mol. The van der Waals surface area contributed by atoms with Gasteiger partial charge in [-0.05, 0) is 60.4 Å². The SMILES string of the molecule is Fc1cc(-c2ccc(C3CCC(F)CC3)cc2)cc(F)c1OC(F)(F)C(F)F. The summed E-state index contributed by atoms with van der Waals surface area (Å²) in [7, 11) is 0. The first-order valence-corrected chi connectivity index (χ1v) is 8.76. The molecular weight excluding hydrogens is 389 g/mol. The normalized spacial score (nSPS) is 20.4.